The van der Waals surface area contributed by atoms with Gasteiger partial charge in [0, 0.05) is 23.7 Å². The summed E-state index contributed by atoms with van der Waals surface area (Å²) >= 11 is 6.08. The zero-order valence-corrected chi connectivity index (χ0v) is 16.4. The second-order valence-corrected chi connectivity index (χ2v) is 7.39. The van der Waals surface area contributed by atoms with Crippen LogP contribution in [0.1, 0.15) is 31.7 Å². The van der Waals surface area contributed by atoms with Gasteiger partial charge in [0.05, 0.1) is 18.7 Å². The van der Waals surface area contributed by atoms with Crippen LogP contribution in [0.4, 0.5) is 11.4 Å². The highest BCUT2D eigenvalue weighted by Crippen LogP contribution is 2.35. The summed E-state index contributed by atoms with van der Waals surface area (Å²) in [5.74, 6) is 0.145. The van der Waals surface area contributed by atoms with Gasteiger partial charge < -0.3 is 15.0 Å². The van der Waals surface area contributed by atoms with Crippen LogP contribution in [0, 0.1) is 5.92 Å². The quantitative estimate of drug-likeness (QED) is 0.825. The van der Waals surface area contributed by atoms with E-state index in [0.29, 0.717) is 28.9 Å². The highest BCUT2D eigenvalue weighted by atomic mass is 35.5. The number of para-hydroxylation sites is 1. The standard InChI is InChI=1S/C21H23ClN2O3/c1-13(2)16-6-4-5-7-17(16)23-21(26)14-10-20(25)24(12-14)18-11-15(22)8-9-19(18)27-3/h4-9,11,13-14H,10,12H2,1-3H3,(H,23,26). The molecule has 142 valence electrons. The molecule has 3 rings (SSSR count). The van der Waals surface area contributed by atoms with Gasteiger partial charge in [-0.1, -0.05) is 43.6 Å². The number of anilines is 2. The van der Waals surface area contributed by atoms with Gasteiger partial charge in [0.1, 0.15) is 5.75 Å². The van der Waals surface area contributed by atoms with Crippen molar-refractivity contribution in [2.75, 3.05) is 23.9 Å². The van der Waals surface area contributed by atoms with Crippen LogP contribution in [-0.4, -0.2) is 25.5 Å². The number of hydrogen-bond donors (Lipinski definition) is 1. The molecule has 2 amide bonds. The average molecular weight is 387 g/mol. The molecule has 0 aliphatic carbocycles. The number of amides is 2. The lowest BCUT2D eigenvalue weighted by molar-refractivity contribution is -0.122. The van der Waals surface area contributed by atoms with Gasteiger partial charge in [-0.15, -0.1) is 0 Å². The largest absolute Gasteiger partial charge is 0.495 e. The van der Waals surface area contributed by atoms with Crippen LogP contribution in [0.2, 0.25) is 5.02 Å². The molecule has 0 radical (unpaired) electrons. The van der Waals surface area contributed by atoms with E-state index in [1.165, 1.54) is 0 Å². The summed E-state index contributed by atoms with van der Waals surface area (Å²) in [6.45, 7) is 4.46. The van der Waals surface area contributed by atoms with Crippen LogP contribution >= 0.6 is 11.6 Å². The molecule has 1 N–H and O–H groups in total. The summed E-state index contributed by atoms with van der Waals surface area (Å²) in [7, 11) is 1.54. The maximum Gasteiger partial charge on any atom is 0.229 e. The van der Waals surface area contributed by atoms with E-state index in [1.807, 2.05) is 24.3 Å². The Morgan fingerprint density at radius 1 is 1.26 bits per heavy atom. The molecular weight excluding hydrogens is 364 g/mol. The van der Waals surface area contributed by atoms with Gasteiger partial charge in [-0.05, 0) is 35.7 Å². The minimum atomic E-state index is -0.429. The fourth-order valence-corrected chi connectivity index (χ4v) is 3.51. The SMILES string of the molecule is COc1ccc(Cl)cc1N1CC(C(=O)Nc2ccccc2C(C)C)CC1=O. The Morgan fingerprint density at radius 2 is 2.00 bits per heavy atom. The van der Waals surface area contributed by atoms with E-state index in [2.05, 4.69) is 19.2 Å². The maximum absolute atomic E-state index is 12.8. The van der Waals surface area contributed by atoms with Crippen LogP contribution in [-0.2, 0) is 9.59 Å². The Kier molecular flexibility index (Phi) is 5.71. The lowest BCUT2D eigenvalue weighted by atomic mass is 10.0. The van der Waals surface area contributed by atoms with Crippen LogP contribution in [0.5, 0.6) is 5.75 Å². The van der Waals surface area contributed by atoms with Crippen LogP contribution in [0.25, 0.3) is 0 Å². The monoisotopic (exact) mass is 386 g/mol. The number of carbonyl (C=O) groups excluding carboxylic acids is 2. The Morgan fingerprint density at radius 3 is 2.70 bits per heavy atom. The molecule has 0 saturated carbocycles. The van der Waals surface area contributed by atoms with Crippen molar-refractivity contribution in [2.24, 2.45) is 5.92 Å². The number of hydrogen-bond acceptors (Lipinski definition) is 3. The minimum Gasteiger partial charge on any atom is -0.495 e. The molecule has 0 spiro atoms. The molecule has 1 aliphatic heterocycles. The predicted molar refractivity (Wildman–Crippen MR) is 108 cm³/mol. The Labute approximate surface area is 164 Å². The summed E-state index contributed by atoms with van der Waals surface area (Å²) in [5.41, 5.74) is 2.46. The second kappa shape index (κ2) is 8.01. The van der Waals surface area contributed by atoms with Gasteiger partial charge in [-0.3, -0.25) is 9.59 Å². The summed E-state index contributed by atoms with van der Waals surface area (Å²) in [6.07, 6.45) is 0.158. The highest BCUT2D eigenvalue weighted by molar-refractivity contribution is 6.31. The first-order valence-electron chi connectivity index (χ1n) is 8.94. The number of rotatable bonds is 5. The van der Waals surface area contributed by atoms with Gasteiger partial charge in [0.25, 0.3) is 0 Å². The van der Waals surface area contributed by atoms with Crippen molar-refractivity contribution >= 4 is 34.8 Å². The number of ether oxygens (including phenoxy) is 1. The fourth-order valence-electron chi connectivity index (χ4n) is 3.34. The van der Waals surface area contributed by atoms with Crippen LogP contribution in [0.15, 0.2) is 42.5 Å². The predicted octanol–water partition coefficient (Wildman–Crippen LogP) is 4.46. The normalized spacial score (nSPS) is 16.7. The molecule has 5 nitrogen and oxygen atoms in total. The van der Waals surface area contributed by atoms with E-state index in [4.69, 9.17) is 16.3 Å². The zero-order chi connectivity index (χ0) is 19.6. The van der Waals surface area contributed by atoms with Crippen molar-refractivity contribution in [1.29, 1.82) is 0 Å². The van der Waals surface area contributed by atoms with E-state index in [-0.39, 0.29) is 18.2 Å². The van der Waals surface area contributed by atoms with Crippen molar-refractivity contribution in [3.63, 3.8) is 0 Å². The molecule has 1 atom stereocenters. The summed E-state index contributed by atoms with van der Waals surface area (Å²) < 4.78 is 5.34. The topological polar surface area (TPSA) is 58.6 Å². The number of halogens is 1. The number of nitrogens with zero attached hydrogens (tertiary/aromatic N) is 1. The first kappa shape index (κ1) is 19.2. The van der Waals surface area contributed by atoms with E-state index < -0.39 is 5.92 Å². The number of nitrogens with one attached hydrogen (secondary N) is 1. The first-order chi connectivity index (χ1) is 12.9. The summed E-state index contributed by atoms with van der Waals surface area (Å²) in [4.78, 5) is 26.9. The smallest absolute Gasteiger partial charge is 0.229 e. The third-order valence-corrected chi connectivity index (χ3v) is 5.00. The fraction of sp³-hybridized carbons (Fsp3) is 0.333. The average Bonchev–Trinajstić information content (AvgIpc) is 3.03. The van der Waals surface area contributed by atoms with Crippen molar-refractivity contribution in [2.45, 2.75) is 26.2 Å². The molecule has 1 heterocycles. The number of benzene rings is 2. The van der Waals surface area contributed by atoms with Gasteiger partial charge in [-0.2, -0.15) is 0 Å². The molecule has 2 aromatic carbocycles. The maximum atomic E-state index is 12.8. The Balaban J connectivity index is 1.78. The number of methoxy groups -OCH3 is 1. The Bertz CT molecular complexity index is 866. The molecule has 2 aromatic rings. The first-order valence-corrected chi connectivity index (χ1v) is 9.32. The Hall–Kier alpha value is -2.53. The molecule has 1 aliphatic rings. The van der Waals surface area contributed by atoms with Gasteiger partial charge in [0.15, 0.2) is 0 Å². The summed E-state index contributed by atoms with van der Waals surface area (Å²) in [6, 6.07) is 12.9. The van der Waals surface area contributed by atoms with Crippen molar-refractivity contribution < 1.29 is 14.3 Å². The molecule has 0 aromatic heterocycles. The molecule has 1 unspecified atom stereocenters. The van der Waals surface area contributed by atoms with E-state index in [9.17, 15) is 9.59 Å². The van der Waals surface area contributed by atoms with Crippen molar-refractivity contribution in [1.82, 2.24) is 0 Å². The third-order valence-electron chi connectivity index (χ3n) is 4.77. The van der Waals surface area contributed by atoms with Gasteiger partial charge in [-0.25, -0.2) is 0 Å². The third kappa shape index (κ3) is 4.08. The van der Waals surface area contributed by atoms with E-state index in [0.717, 1.165) is 11.3 Å². The molecule has 0 bridgehead atoms. The van der Waals surface area contributed by atoms with Gasteiger partial charge in [0.2, 0.25) is 11.8 Å². The lowest BCUT2D eigenvalue weighted by Crippen LogP contribution is -2.28. The molecule has 6 heteroatoms. The van der Waals surface area contributed by atoms with Crippen LogP contribution in [0.3, 0.4) is 0 Å². The molecule has 1 fully saturated rings. The second-order valence-electron chi connectivity index (χ2n) is 6.95. The van der Waals surface area contributed by atoms with E-state index in [1.54, 1.807) is 30.2 Å². The zero-order valence-electron chi connectivity index (χ0n) is 15.7. The molecular formula is C21H23ClN2O3. The van der Waals surface area contributed by atoms with Crippen molar-refractivity contribution in [3.8, 4) is 5.75 Å². The highest BCUT2D eigenvalue weighted by Gasteiger charge is 2.36. The molecule has 27 heavy (non-hydrogen) atoms. The lowest BCUT2D eigenvalue weighted by Gasteiger charge is -2.20. The van der Waals surface area contributed by atoms with Crippen molar-refractivity contribution in [3.05, 3.63) is 53.1 Å². The van der Waals surface area contributed by atoms with Crippen LogP contribution < -0.4 is 15.0 Å². The van der Waals surface area contributed by atoms with Gasteiger partial charge >= 0.3 is 0 Å². The minimum absolute atomic E-state index is 0.118. The summed E-state index contributed by atoms with van der Waals surface area (Å²) in [5, 5.41) is 3.50. The molecule has 1 saturated heterocycles. The van der Waals surface area contributed by atoms with E-state index >= 15 is 0 Å². The number of carbonyl (C=O) groups is 2.